The molecule has 2 aromatic rings. The number of H-pyrrole nitrogens is 1. The van der Waals surface area contributed by atoms with Gasteiger partial charge >= 0.3 is 6.03 Å². The zero-order valence-electron chi connectivity index (χ0n) is 18.0. The molecule has 1 aromatic heterocycles. The number of piperidine rings is 1. The van der Waals surface area contributed by atoms with Gasteiger partial charge in [-0.2, -0.15) is 5.10 Å². The van der Waals surface area contributed by atoms with Crippen LogP contribution in [0.5, 0.6) is 5.75 Å². The van der Waals surface area contributed by atoms with Crippen LogP contribution >= 0.6 is 0 Å². The summed E-state index contributed by atoms with van der Waals surface area (Å²) in [6, 6.07) is 5.66. The fraction of sp³-hybridized carbons (Fsp3) is 0.500. The Morgan fingerprint density at radius 2 is 2.13 bits per heavy atom. The number of aromatic amines is 1. The maximum Gasteiger partial charge on any atom is 0.321 e. The van der Waals surface area contributed by atoms with Crippen LogP contribution in [0.1, 0.15) is 54.2 Å². The molecule has 0 bridgehead atoms. The maximum absolute atomic E-state index is 12.9. The summed E-state index contributed by atoms with van der Waals surface area (Å²) < 4.78 is 5.91. The van der Waals surface area contributed by atoms with E-state index in [1.165, 1.54) is 0 Å². The summed E-state index contributed by atoms with van der Waals surface area (Å²) in [7, 11) is 3.45. The van der Waals surface area contributed by atoms with E-state index in [0.717, 1.165) is 42.0 Å². The van der Waals surface area contributed by atoms with Gasteiger partial charge in [0.15, 0.2) is 0 Å². The van der Waals surface area contributed by atoms with Gasteiger partial charge in [0, 0.05) is 50.8 Å². The van der Waals surface area contributed by atoms with E-state index in [1.54, 1.807) is 25.2 Å². The van der Waals surface area contributed by atoms with Crippen molar-refractivity contribution in [2.45, 2.75) is 44.6 Å². The van der Waals surface area contributed by atoms with E-state index in [2.05, 4.69) is 29.4 Å². The van der Waals surface area contributed by atoms with Crippen LogP contribution < -0.4 is 10.1 Å². The van der Waals surface area contributed by atoms with Crippen molar-refractivity contribution in [2.75, 3.05) is 32.5 Å². The highest BCUT2D eigenvalue weighted by atomic mass is 16.5. The number of rotatable bonds is 3. The van der Waals surface area contributed by atoms with Gasteiger partial charge in [-0.15, -0.1) is 0 Å². The van der Waals surface area contributed by atoms with Crippen molar-refractivity contribution in [3.8, 4) is 5.75 Å². The summed E-state index contributed by atoms with van der Waals surface area (Å²) in [6.07, 6.45) is 4.18. The number of anilines is 1. The molecule has 0 radical (unpaired) electrons. The quantitative estimate of drug-likeness (QED) is 0.811. The maximum atomic E-state index is 12.9. The van der Waals surface area contributed by atoms with Crippen LogP contribution in [0.25, 0.3) is 0 Å². The van der Waals surface area contributed by atoms with E-state index in [0.29, 0.717) is 18.7 Å². The highest BCUT2D eigenvalue weighted by Gasteiger charge is 2.31. The highest BCUT2D eigenvalue weighted by molar-refractivity contribution is 5.95. The molecule has 0 spiro atoms. The van der Waals surface area contributed by atoms with Crippen molar-refractivity contribution in [2.24, 2.45) is 0 Å². The molecule has 2 aliphatic rings. The van der Waals surface area contributed by atoms with E-state index >= 15 is 0 Å². The fourth-order valence-corrected chi connectivity index (χ4v) is 4.31. The van der Waals surface area contributed by atoms with Crippen LogP contribution in [-0.4, -0.2) is 64.7 Å². The second-order valence-corrected chi connectivity index (χ2v) is 8.97. The van der Waals surface area contributed by atoms with Gasteiger partial charge in [-0.3, -0.25) is 9.89 Å². The Hall–Kier alpha value is -3.03. The first-order valence-electron chi connectivity index (χ1n) is 10.4. The minimum absolute atomic E-state index is 0.0557. The van der Waals surface area contributed by atoms with Gasteiger partial charge < -0.3 is 19.9 Å². The van der Waals surface area contributed by atoms with E-state index in [1.807, 2.05) is 23.1 Å². The van der Waals surface area contributed by atoms with Gasteiger partial charge in [0.25, 0.3) is 5.91 Å². The molecule has 1 saturated heterocycles. The third-order valence-corrected chi connectivity index (χ3v) is 5.74. The molecule has 0 saturated carbocycles. The number of carbonyl (C=O) groups is 2. The molecular weight excluding hydrogens is 382 g/mol. The monoisotopic (exact) mass is 411 g/mol. The van der Waals surface area contributed by atoms with Crippen LogP contribution in [0, 0.1) is 0 Å². The molecular formula is C22H29N5O3. The van der Waals surface area contributed by atoms with Crippen LogP contribution in [-0.2, 0) is 6.42 Å². The minimum Gasteiger partial charge on any atom is -0.487 e. The molecule has 1 fully saturated rings. The molecule has 1 atom stereocenters. The van der Waals surface area contributed by atoms with Crippen LogP contribution in [0.15, 0.2) is 24.4 Å². The molecule has 8 nitrogen and oxygen atoms in total. The third-order valence-electron chi connectivity index (χ3n) is 5.74. The van der Waals surface area contributed by atoms with Gasteiger partial charge in [0.1, 0.15) is 11.4 Å². The number of aromatic nitrogens is 2. The predicted octanol–water partition coefficient (Wildman–Crippen LogP) is 3.24. The number of benzene rings is 1. The zero-order valence-corrected chi connectivity index (χ0v) is 18.0. The number of nitrogens with one attached hydrogen (secondary N) is 2. The number of likely N-dealkylation sites (tertiary alicyclic amines) is 1. The molecule has 4 rings (SSSR count). The Balaban J connectivity index is 1.44. The van der Waals surface area contributed by atoms with Gasteiger partial charge in [-0.1, -0.05) is 0 Å². The third kappa shape index (κ3) is 3.99. The second-order valence-electron chi connectivity index (χ2n) is 8.97. The number of urea groups is 1. The topological polar surface area (TPSA) is 90.6 Å². The van der Waals surface area contributed by atoms with Crippen LogP contribution in [0.3, 0.4) is 0 Å². The summed E-state index contributed by atoms with van der Waals surface area (Å²) in [5, 5.41) is 10.1. The van der Waals surface area contributed by atoms with Crippen LogP contribution in [0.2, 0.25) is 0 Å². The van der Waals surface area contributed by atoms with E-state index < -0.39 is 0 Å². The van der Waals surface area contributed by atoms with Crippen molar-refractivity contribution in [3.63, 3.8) is 0 Å². The molecule has 2 aliphatic heterocycles. The zero-order chi connectivity index (χ0) is 21.5. The number of hydrogen-bond donors (Lipinski definition) is 2. The Kier molecular flexibility index (Phi) is 5.17. The van der Waals surface area contributed by atoms with Gasteiger partial charge in [0.05, 0.1) is 17.5 Å². The Morgan fingerprint density at radius 3 is 2.90 bits per heavy atom. The van der Waals surface area contributed by atoms with Crippen LogP contribution in [0.4, 0.5) is 10.5 Å². The largest absolute Gasteiger partial charge is 0.487 e. The summed E-state index contributed by atoms with van der Waals surface area (Å²) in [4.78, 5) is 28.7. The summed E-state index contributed by atoms with van der Waals surface area (Å²) in [6.45, 7) is 5.35. The molecule has 3 amide bonds. The standard InChI is InChI=1S/C22H29N5O3/c1-22(2)11-15-10-16(7-8-18(15)30-22)24-21(29)27-9-5-6-14(13-27)19-17(12-23-25-19)20(28)26(3)4/h7-8,10,12,14H,5-6,9,11,13H2,1-4H3,(H,23,25)(H,24,29)/t14-/m0/s1. The average molecular weight is 412 g/mol. The van der Waals surface area contributed by atoms with Gasteiger partial charge in [0.2, 0.25) is 0 Å². The van der Waals surface area contributed by atoms with Crippen molar-refractivity contribution >= 4 is 17.6 Å². The lowest BCUT2D eigenvalue weighted by Crippen LogP contribution is -2.42. The summed E-state index contributed by atoms with van der Waals surface area (Å²) in [5.41, 5.74) is 3.05. The van der Waals surface area contributed by atoms with E-state index in [9.17, 15) is 9.59 Å². The Bertz CT molecular complexity index is 965. The van der Waals surface area contributed by atoms with Crippen molar-refractivity contribution in [1.82, 2.24) is 20.0 Å². The molecule has 8 heteroatoms. The highest BCUT2D eigenvalue weighted by Crippen LogP contribution is 2.36. The molecule has 1 aromatic carbocycles. The number of ether oxygens (including phenoxy) is 1. The average Bonchev–Trinajstić information content (AvgIpc) is 3.30. The smallest absolute Gasteiger partial charge is 0.321 e. The fourth-order valence-electron chi connectivity index (χ4n) is 4.31. The first-order valence-corrected chi connectivity index (χ1v) is 10.4. The molecule has 3 heterocycles. The summed E-state index contributed by atoms with van der Waals surface area (Å²) >= 11 is 0. The molecule has 160 valence electrons. The minimum atomic E-state index is -0.211. The lowest BCUT2D eigenvalue weighted by Gasteiger charge is -2.32. The number of fused-ring (bicyclic) bond motifs is 1. The normalized spacial score (nSPS) is 19.7. The molecule has 0 unspecified atom stereocenters. The lowest BCUT2D eigenvalue weighted by atomic mass is 9.92. The predicted molar refractivity (Wildman–Crippen MR) is 114 cm³/mol. The number of hydrogen-bond acceptors (Lipinski definition) is 4. The van der Waals surface area contributed by atoms with Gasteiger partial charge in [-0.25, -0.2) is 4.79 Å². The van der Waals surface area contributed by atoms with E-state index in [4.69, 9.17) is 4.74 Å². The van der Waals surface area contributed by atoms with Crippen molar-refractivity contribution < 1.29 is 14.3 Å². The SMILES string of the molecule is CN(C)C(=O)c1cn[nH]c1[C@H]1CCCN(C(=O)Nc2ccc3c(c2)CC(C)(C)O3)C1. The first-order chi connectivity index (χ1) is 14.2. The lowest BCUT2D eigenvalue weighted by molar-refractivity contribution is 0.0825. The molecule has 0 aliphatic carbocycles. The number of carbonyl (C=O) groups excluding carboxylic acids is 2. The molecule has 2 N–H and O–H groups in total. The summed E-state index contributed by atoms with van der Waals surface area (Å²) in [5.74, 6) is 0.858. The van der Waals surface area contributed by atoms with Gasteiger partial charge in [-0.05, 0) is 44.9 Å². The molecule has 30 heavy (non-hydrogen) atoms. The Morgan fingerprint density at radius 1 is 1.33 bits per heavy atom. The van der Waals surface area contributed by atoms with Crippen molar-refractivity contribution in [1.29, 1.82) is 0 Å². The number of amides is 3. The Labute approximate surface area is 176 Å². The second kappa shape index (κ2) is 7.66. The number of nitrogens with zero attached hydrogens (tertiary/aromatic N) is 3. The van der Waals surface area contributed by atoms with E-state index in [-0.39, 0.29) is 23.5 Å². The van der Waals surface area contributed by atoms with Crippen molar-refractivity contribution in [3.05, 3.63) is 41.2 Å². The first kappa shape index (κ1) is 20.3.